The highest BCUT2D eigenvalue weighted by molar-refractivity contribution is 6.02. The molecule has 10 nitrogen and oxygen atoms in total. The molecular weight excluding hydrogens is 536 g/mol. The Labute approximate surface area is 243 Å². The first kappa shape index (κ1) is 29.7. The number of hydrogen-bond acceptors (Lipinski definition) is 6. The number of carbonyl (C=O) groups is 4. The van der Waals surface area contributed by atoms with Gasteiger partial charge in [-0.05, 0) is 47.9 Å². The van der Waals surface area contributed by atoms with Crippen molar-refractivity contribution in [3.05, 3.63) is 108 Å². The minimum absolute atomic E-state index is 0.0906. The van der Waals surface area contributed by atoms with E-state index in [0.717, 1.165) is 16.3 Å². The van der Waals surface area contributed by atoms with Gasteiger partial charge in [-0.3, -0.25) is 19.4 Å². The molecule has 0 saturated heterocycles. The Morgan fingerprint density at radius 3 is 2.38 bits per heavy atom. The third-order valence-corrected chi connectivity index (χ3v) is 6.52. The molecule has 4 N–H and O–H groups in total. The fourth-order valence-corrected chi connectivity index (χ4v) is 4.30. The van der Waals surface area contributed by atoms with Gasteiger partial charge in [-0.25, -0.2) is 4.79 Å². The van der Waals surface area contributed by atoms with Gasteiger partial charge in [0.25, 0.3) is 5.91 Å². The number of hydrogen-bond donors (Lipinski definition) is 4. The summed E-state index contributed by atoms with van der Waals surface area (Å²) >= 11 is 0. The van der Waals surface area contributed by atoms with Crippen LogP contribution in [-0.4, -0.2) is 46.6 Å². The number of rotatable bonds is 13. The van der Waals surface area contributed by atoms with E-state index in [9.17, 15) is 19.2 Å². The van der Waals surface area contributed by atoms with Gasteiger partial charge in [-0.2, -0.15) is 0 Å². The Kier molecular flexibility index (Phi) is 10.6. The Morgan fingerprint density at radius 1 is 0.881 bits per heavy atom. The highest BCUT2D eigenvalue weighted by Gasteiger charge is 2.23. The van der Waals surface area contributed by atoms with Crippen LogP contribution in [0.2, 0.25) is 0 Å². The lowest BCUT2D eigenvalue weighted by Gasteiger charge is -2.20. The average molecular weight is 569 g/mol. The third kappa shape index (κ3) is 8.88. The summed E-state index contributed by atoms with van der Waals surface area (Å²) < 4.78 is 5.22. The number of carbonyl (C=O) groups excluding carboxylic acids is 3. The summed E-state index contributed by atoms with van der Waals surface area (Å²) in [6.07, 6.45) is 1.73. The number of aryl methyl sites for hydroxylation is 1. The van der Waals surface area contributed by atoms with E-state index in [0.29, 0.717) is 17.7 Å². The van der Waals surface area contributed by atoms with Crippen LogP contribution in [0, 0.1) is 0 Å². The fourth-order valence-electron chi connectivity index (χ4n) is 4.30. The summed E-state index contributed by atoms with van der Waals surface area (Å²) in [6.45, 7) is 0.352. The first-order valence-corrected chi connectivity index (χ1v) is 13.6. The summed E-state index contributed by atoms with van der Waals surface area (Å²) in [5, 5.41) is 19.1. The molecular formula is C32H32N4O6. The molecule has 3 aromatic carbocycles. The van der Waals surface area contributed by atoms with Gasteiger partial charge in [0.2, 0.25) is 5.91 Å². The molecule has 0 aliphatic heterocycles. The number of amides is 3. The molecule has 4 rings (SSSR count). The van der Waals surface area contributed by atoms with E-state index >= 15 is 0 Å². The van der Waals surface area contributed by atoms with Crippen LogP contribution in [-0.2, 0) is 27.4 Å². The summed E-state index contributed by atoms with van der Waals surface area (Å²) in [5.41, 5.74) is 2.15. The molecule has 1 heterocycles. The lowest BCUT2D eigenvalue weighted by molar-refractivity contribution is -0.137. The number of carboxylic acids is 1. The Balaban J connectivity index is 1.40. The molecule has 216 valence electrons. The molecule has 10 heteroatoms. The molecule has 1 atom stereocenters. The van der Waals surface area contributed by atoms with Gasteiger partial charge in [0.1, 0.15) is 18.3 Å². The highest BCUT2D eigenvalue weighted by Crippen LogP contribution is 2.18. The topological polar surface area (TPSA) is 147 Å². The number of benzene rings is 3. The number of para-hydroxylation sites is 1. The zero-order chi connectivity index (χ0) is 29.7. The Morgan fingerprint density at radius 2 is 1.60 bits per heavy atom. The van der Waals surface area contributed by atoms with Crippen molar-refractivity contribution in [1.82, 2.24) is 15.6 Å². The highest BCUT2D eigenvalue weighted by atomic mass is 16.5. The largest absolute Gasteiger partial charge is 0.481 e. The van der Waals surface area contributed by atoms with E-state index < -0.39 is 29.9 Å². The predicted octanol–water partition coefficient (Wildman–Crippen LogP) is 4.70. The average Bonchev–Trinajstić information content (AvgIpc) is 3.01. The van der Waals surface area contributed by atoms with E-state index in [2.05, 4.69) is 20.9 Å². The molecule has 0 radical (unpaired) electrons. The number of alkyl carbamates (subject to hydrolysis) is 1. The van der Waals surface area contributed by atoms with Gasteiger partial charge >= 0.3 is 12.1 Å². The zero-order valence-electron chi connectivity index (χ0n) is 22.9. The number of aromatic nitrogens is 1. The molecule has 0 bridgehead atoms. The van der Waals surface area contributed by atoms with E-state index in [1.165, 1.54) is 0 Å². The summed E-state index contributed by atoms with van der Waals surface area (Å²) in [6, 6.07) is 24.4. The van der Waals surface area contributed by atoms with E-state index in [1.54, 1.807) is 36.5 Å². The van der Waals surface area contributed by atoms with Gasteiger partial charge in [-0.15, -0.1) is 0 Å². The van der Waals surface area contributed by atoms with Crippen molar-refractivity contribution in [2.45, 2.75) is 38.3 Å². The Bertz CT molecular complexity index is 1540. The lowest BCUT2D eigenvalue weighted by atomic mass is 10.1. The minimum atomic E-state index is -0.958. The normalized spacial score (nSPS) is 11.3. The molecule has 42 heavy (non-hydrogen) atoms. The van der Waals surface area contributed by atoms with Crippen LogP contribution >= 0.6 is 0 Å². The van der Waals surface area contributed by atoms with Crippen molar-refractivity contribution in [3.63, 3.8) is 0 Å². The standard InChI is InChI=1S/C32H32N4O6/c37-29(38)17-16-23-11-6-7-14-26(23)35-30(39)27(15-8-18-33-32(41)42-21-22-9-2-1-3-10-22)36-31(40)28-19-24-12-4-5-13-25(24)20-34-28/h1-7,9-14,19-20,27H,8,15-18,21H2,(H,33,41)(H,35,39)(H,36,40)(H,37,38)/t27-/m0/s1. The predicted molar refractivity (Wildman–Crippen MR) is 158 cm³/mol. The number of fused-ring (bicyclic) bond motifs is 1. The molecule has 3 amide bonds. The minimum Gasteiger partial charge on any atom is -0.481 e. The van der Waals surface area contributed by atoms with Crippen molar-refractivity contribution < 1.29 is 29.0 Å². The second-order valence-electron chi connectivity index (χ2n) is 9.61. The van der Waals surface area contributed by atoms with Crippen LogP contribution in [0.15, 0.2) is 91.1 Å². The molecule has 0 saturated carbocycles. The second-order valence-corrected chi connectivity index (χ2v) is 9.61. The lowest BCUT2D eigenvalue weighted by Crippen LogP contribution is -2.44. The van der Waals surface area contributed by atoms with Crippen molar-refractivity contribution in [1.29, 1.82) is 0 Å². The van der Waals surface area contributed by atoms with Crippen molar-refractivity contribution in [3.8, 4) is 0 Å². The molecule has 0 aliphatic carbocycles. The van der Waals surface area contributed by atoms with Crippen LogP contribution in [0.25, 0.3) is 10.8 Å². The first-order valence-electron chi connectivity index (χ1n) is 13.6. The summed E-state index contributed by atoms with van der Waals surface area (Å²) in [7, 11) is 0. The van der Waals surface area contributed by atoms with Crippen LogP contribution < -0.4 is 16.0 Å². The Hall–Kier alpha value is -5.25. The van der Waals surface area contributed by atoms with Crippen molar-refractivity contribution in [2.75, 3.05) is 11.9 Å². The smallest absolute Gasteiger partial charge is 0.407 e. The van der Waals surface area contributed by atoms with Crippen molar-refractivity contribution in [2.24, 2.45) is 0 Å². The number of aliphatic carboxylic acids is 1. The maximum atomic E-state index is 13.4. The van der Waals surface area contributed by atoms with E-state index in [1.807, 2.05) is 54.6 Å². The molecule has 0 unspecified atom stereocenters. The van der Waals surface area contributed by atoms with Gasteiger partial charge in [0.15, 0.2) is 0 Å². The first-order chi connectivity index (χ1) is 20.4. The summed E-state index contributed by atoms with van der Waals surface area (Å²) in [4.78, 5) is 54.0. The van der Waals surface area contributed by atoms with Crippen LogP contribution in [0.1, 0.15) is 40.9 Å². The van der Waals surface area contributed by atoms with Gasteiger partial charge < -0.3 is 25.8 Å². The molecule has 4 aromatic rings. The van der Waals surface area contributed by atoms with Crippen LogP contribution in [0.5, 0.6) is 0 Å². The van der Waals surface area contributed by atoms with Gasteiger partial charge in [0, 0.05) is 30.2 Å². The maximum Gasteiger partial charge on any atom is 0.407 e. The van der Waals surface area contributed by atoms with Crippen LogP contribution in [0.3, 0.4) is 0 Å². The van der Waals surface area contributed by atoms with Gasteiger partial charge in [0.05, 0.1) is 0 Å². The van der Waals surface area contributed by atoms with E-state index in [4.69, 9.17) is 9.84 Å². The monoisotopic (exact) mass is 568 g/mol. The SMILES string of the molecule is O=C(O)CCc1ccccc1NC(=O)[C@H](CCCNC(=O)OCc1ccccc1)NC(=O)c1cc2ccccc2cn1. The second kappa shape index (κ2) is 14.9. The van der Waals surface area contributed by atoms with E-state index in [-0.39, 0.29) is 38.1 Å². The number of ether oxygens (including phenoxy) is 1. The quantitative estimate of drug-likeness (QED) is 0.171. The molecule has 0 spiro atoms. The number of pyridine rings is 1. The van der Waals surface area contributed by atoms with Gasteiger partial charge in [-0.1, -0.05) is 72.8 Å². The van der Waals surface area contributed by atoms with Crippen LogP contribution in [0.4, 0.5) is 10.5 Å². The number of nitrogens with one attached hydrogen (secondary N) is 3. The number of anilines is 1. The fraction of sp³-hybridized carbons (Fsp3) is 0.219. The molecule has 1 aromatic heterocycles. The number of nitrogens with zero attached hydrogens (tertiary/aromatic N) is 1. The zero-order valence-corrected chi connectivity index (χ0v) is 22.9. The number of carboxylic acid groups (broad SMARTS) is 1. The molecule has 0 fully saturated rings. The maximum absolute atomic E-state index is 13.4. The molecule has 0 aliphatic rings. The van der Waals surface area contributed by atoms with Crippen molar-refractivity contribution >= 4 is 40.3 Å². The summed E-state index contributed by atoms with van der Waals surface area (Å²) in [5.74, 6) is -1.94. The third-order valence-electron chi connectivity index (χ3n) is 6.52.